The average Bonchev–Trinajstić information content (AvgIpc) is 3.19. The zero-order valence-corrected chi connectivity index (χ0v) is 15.9. The predicted molar refractivity (Wildman–Crippen MR) is 99.7 cm³/mol. The molecule has 0 spiro atoms. The topological polar surface area (TPSA) is 96.6 Å². The van der Waals surface area contributed by atoms with Crippen molar-refractivity contribution in [2.45, 2.75) is 56.2 Å². The largest absolute Gasteiger partial charge is 0.357 e. The van der Waals surface area contributed by atoms with Crippen LogP contribution in [0.2, 0.25) is 0 Å². The highest BCUT2D eigenvalue weighted by Crippen LogP contribution is 2.28. The molecule has 0 aromatic carbocycles. The van der Waals surface area contributed by atoms with E-state index in [0.29, 0.717) is 6.54 Å². The summed E-state index contributed by atoms with van der Waals surface area (Å²) in [6, 6.07) is 3.30. The number of hydrogen-bond donors (Lipinski definition) is 3. The molecule has 1 aliphatic carbocycles. The van der Waals surface area contributed by atoms with E-state index in [1.807, 2.05) is 6.92 Å². The molecule has 8 heteroatoms. The lowest BCUT2D eigenvalue weighted by Crippen LogP contribution is -2.37. The molecular formula is C16H28N4O2S2. The fourth-order valence-electron chi connectivity index (χ4n) is 2.99. The molecule has 136 valence electrons. The molecule has 0 bridgehead atoms. The van der Waals surface area contributed by atoms with Crippen molar-refractivity contribution in [3.05, 3.63) is 17.0 Å². The van der Waals surface area contributed by atoms with Gasteiger partial charge in [-0.15, -0.1) is 11.3 Å². The molecule has 6 nitrogen and oxygen atoms in total. The zero-order valence-electron chi connectivity index (χ0n) is 14.3. The van der Waals surface area contributed by atoms with Crippen molar-refractivity contribution in [1.29, 1.82) is 0 Å². The third-order valence-corrected chi connectivity index (χ3v) is 6.72. The third-order valence-electron chi connectivity index (χ3n) is 4.21. The molecule has 0 amide bonds. The van der Waals surface area contributed by atoms with E-state index in [2.05, 4.69) is 15.6 Å². The quantitative estimate of drug-likeness (QED) is 0.371. The van der Waals surface area contributed by atoms with Crippen LogP contribution in [-0.2, 0) is 16.6 Å². The molecule has 0 atom stereocenters. The van der Waals surface area contributed by atoms with Gasteiger partial charge in [-0.3, -0.25) is 0 Å². The van der Waals surface area contributed by atoms with Crippen LogP contribution in [0.25, 0.3) is 0 Å². The lowest BCUT2D eigenvalue weighted by atomic mass is 10.0. The highest BCUT2D eigenvalue weighted by molar-refractivity contribution is 7.91. The Balaban J connectivity index is 1.80. The molecule has 1 fully saturated rings. The van der Waals surface area contributed by atoms with Gasteiger partial charge in [0.2, 0.25) is 10.0 Å². The summed E-state index contributed by atoms with van der Waals surface area (Å²) in [4.78, 5) is 5.39. The van der Waals surface area contributed by atoms with Crippen molar-refractivity contribution >= 4 is 27.3 Å². The summed E-state index contributed by atoms with van der Waals surface area (Å²) >= 11 is 1.17. The van der Waals surface area contributed by atoms with E-state index in [0.717, 1.165) is 36.3 Å². The molecule has 1 saturated carbocycles. The van der Waals surface area contributed by atoms with Crippen LogP contribution < -0.4 is 15.8 Å². The molecule has 1 aromatic rings. The van der Waals surface area contributed by atoms with Crippen molar-refractivity contribution in [2.24, 2.45) is 16.0 Å². The van der Waals surface area contributed by atoms with E-state index in [9.17, 15) is 8.42 Å². The summed E-state index contributed by atoms with van der Waals surface area (Å²) in [6.45, 7) is 4.18. The minimum atomic E-state index is -3.62. The summed E-state index contributed by atoms with van der Waals surface area (Å²) in [5.74, 6) is 1.68. The summed E-state index contributed by atoms with van der Waals surface area (Å²) in [6.07, 6.45) is 8.00. The van der Waals surface area contributed by atoms with Crippen LogP contribution in [0, 0.1) is 5.92 Å². The lowest BCUT2D eigenvalue weighted by molar-refractivity contribution is 0.481. The second-order valence-electron chi connectivity index (χ2n) is 6.18. The number of nitrogens with one attached hydrogen (secondary N) is 2. The highest BCUT2D eigenvalue weighted by atomic mass is 32.2. The number of rotatable bonds is 8. The third kappa shape index (κ3) is 6.41. The second-order valence-corrected chi connectivity index (χ2v) is 9.14. The standard InChI is InChI=1S/C16H28N4O2S2/c1-2-18-16(19-11-5-8-13-6-3-4-7-13)20-12-14-9-10-15(23-14)24(17,21)22/h9-10,13H,2-8,11-12H2,1H3,(H2,17,21,22)(H2,18,19,20). The fourth-order valence-corrected chi connectivity index (χ4v) is 4.69. The lowest BCUT2D eigenvalue weighted by Gasteiger charge is -2.12. The first-order valence-corrected chi connectivity index (χ1v) is 11.0. The molecule has 4 N–H and O–H groups in total. The predicted octanol–water partition coefficient (Wildman–Crippen LogP) is 2.42. The minimum Gasteiger partial charge on any atom is -0.357 e. The Labute approximate surface area is 149 Å². The molecule has 24 heavy (non-hydrogen) atoms. The van der Waals surface area contributed by atoms with E-state index in [1.54, 1.807) is 6.07 Å². The van der Waals surface area contributed by atoms with E-state index < -0.39 is 10.0 Å². The number of thiophene rings is 1. The Kier molecular flexibility index (Phi) is 7.51. The molecule has 0 radical (unpaired) electrons. The Morgan fingerprint density at radius 1 is 1.33 bits per heavy atom. The molecule has 0 unspecified atom stereocenters. The number of hydrogen-bond acceptors (Lipinski definition) is 4. The monoisotopic (exact) mass is 372 g/mol. The number of nitrogens with zero attached hydrogens (tertiary/aromatic N) is 1. The van der Waals surface area contributed by atoms with Crippen molar-refractivity contribution in [3.8, 4) is 0 Å². The first-order valence-electron chi connectivity index (χ1n) is 8.62. The van der Waals surface area contributed by atoms with E-state index >= 15 is 0 Å². The van der Waals surface area contributed by atoms with Crippen molar-refractivity contribution in [3.63, 3.8) is 0 Å². The Bertz CT molecular complexity index is 634. The maximum absolute atomic E-state index is 11.3. The van der Waals surface area contributed by atoms with Crippen LogP contribution in [0.15, 0.2) is 21.3 Å². The van der Waals surface area contributed by atoms with Crippen LogP contribution in [0.5, 0.6) is 0 Å². The van der Waals surface area contributed by atoms with Crippen molar-refractivity contribution in [1.82, 2.24) is 10.6 Å². The SMILES string of the molecule is CCNC(=NCc1ccc(S(N)(=O)=O)s1)NCCCC1CCCC1. The van der Waals surface area contributed by atoms with E-state index in [-0.39, 0.29) is 4.21 Å². The first kappa shape index (κ1) is 19.2. The number of sulfonamides is 1. The number of guanidine groups is 1. The molecule has 0 saturated heterocycles. The van der Waals surface area contributed by atoms with E-state index in [1.165, 1.54) is 49.5 Å². The Hall–Kier alpha value is -1.12. The minimum absolute atomic E-state index is 0.183. The summed E-state index contributed by atoms with van der Waals surface area (Å²) in [5.41, 5.74) is 0. The number of nitrogens with two attached hydrogens (primary N) is 1. The van der Waals surface area contributed by atoms with Gasteiger partial charge in [0.15, 0.2) is 5.96 Å². The summed E-state index contributed by atoms with van der Waals surface area (Å²) < 4.78 is 22.8. The summed E-state index contributed by atoms with van der Waals surface area (Å²) in [5, 5.41) is 11.7. The Morgan fingerprint density at radius 2 is 2.08 bits per heavy atom. The van der Waals surface area contributed by atoms with Gasteiger partial charge < -0.3 is 10.6 Å². The first-order chi connectivity index (χ1) is 11.5. The van der Waals surface area contributed by atoms with Crippen molar-refractivity contribution in [2.75, 3.05) is 13.1 Å². The van der Waals surface area contributed by atoms with Gasteiger partial charge in [-0.2, -0.15) is 0 Å². The van der Waals surface area contributed by atoms with Crippen LogP contribution in [-0.4, -0.2) is 27.5 Å². The van der Waals surface area contributed by atoms with Gasteiger partial charge in [0, 0.05) is 18.0 Å². The van der Waals surface area contributed by atoms with Crippen LogP contribution in [0.1, 0.15) is 50.3 Å². The maximum atomic E-state index is 11.3. The number of primary sulfonamides is 1. The van der Waals surface area contributed by atoms with Gasteiger partial charge >= 0.3 is 0 Å². The van der Waals surface area contributed by atoms with Gasteiger partial charge in [0.1, 0.15) is 4.21 Å². The maximum Gasteiger partial charge on any atom is 0.247 e. The number of aliphatic imine (C=N–C) groups is 1. The molecular weight excluding hydrogens is 344 g/mol. The van der Waals surface area contributed by atoms with Gasteiger partial charge in [-0.05, 0) is 37.8 Å². The zero-order chi connectivity index (χ0) is 17.4. The van der Waals surface area contributed by atoms with Gasteiger partial charge in [0.05, 0.1) is 6.54 Å². The normalized spacial score (nSPS) is 16.5. The molecule has 0 aliphatic heterocycles. The van der Waals surface area contributed by atoms with Crippen molar-refractivity contribution < 1.29 is 8.42 Å². The highest BCUT2D eigenvalue weighted by Gasteiger charge is 2.14. The van der Waals surface area contributed by atoms with Gasteiger partial charge in [0.25, 0.3) is 0 Å². The molecule has 1 heterocycles. The summed E-state index contributed by atoms with van der Waals surface area (Å²) in [7, 11) is -3.62. The fraction of sp³-hybridized carbons (Fsp3) is 0.688. The molecule has 2 rings (SSSR count). The molecule has 1 aromatic heterocycles. The van der Waals surface area contributed by atoms with Gasteiger partial charge in [-0.1, -0.05) is 25.7 Å². The van der Waals surface area contributed by atoms with Crippen LogP contribution >= 0.6 is 11.3 Å². The Morgan fingerprint density at radius 3 is 2.71 bits per heavy atom. The van der Waals surface area contributed by atoms with E-state index in [4.69, 9.17) is 5.14 Å². The smallest absolute Gasteiger partial charge is 0.247 e. The van der Waals surface area contributed by atoms with Crippen LogP contribution in [0.3, 0.4) is 0 Å². The average molecular weight is 373 g/mol. The molecule has 1 aliphatic rings. The van der Waals surface area contributed by atoms with Gasteiger partial charge in [-0.25, -0.2) is 18.5 Å². The van der Waals surface area contributed by atoms with Crippen LogP contribution in [0.4, 0.5) is 0 Å². The second kappa shape index (κ2) is 9.39.